The minimum Gasteiger partial charge on any atom is -0.494 e. The second kappa shape index (κ2) is 10.6. The first-order valence-electron chi connectivity index (χ1n) is 8.67. The quantitative estimate of drug-likeness (QED) is 0.551. The normalized spacial score (nSPS) is 15.3. The minimum absolute atomic E-state index is 0.0336. The highest BCUT2D eigenvalue weighted by molar-refractivity contribution is 7.97. The zero-order valence-electron chi connectivity index (χ0n) is 14.1. The van der Waals surface area contributed by atoms with Crippen molar-refractivity contribution in [2.75, 3.05) is 32.0 Å². The molecule has 0 radical (unpaired) electrons. The fraction of sp³-hybridized carbons (Fsp3) is 0.611. The number of ether oxygens (including phenoxy) is 1. The Morgan fingerprint density at radius 2 is 1.96 bits per heavy atom. The van der Waals surface area contributed by atoms with Gasteiger partial charge in [0.1, 0.15) is 5.75 Å². The Balaban J connectivity index is 1.64. The van der Waals surface area contributed by atoms with E-state index in [2.05, 4.69) is 16.5 Å². The van der Waals surface area contributed by atoms with Crippen LogP contribution in [0.5, 0.6) is 5.75 Å². The summed E-state index contributed by atoms with van der Waals surface area (Å²) in [5.41, 5.74) is 0.679. The molecule has 0 spiro atoms. The van der Waals surface area contributed by atoms with Crippen LogP contribution in [0.2, 0.25) is 0 Å². The number of amides is 1. The SMILES string of the molecule is CCCCOc1ccc(C(=O)NSCCN2CCCCC2)cc1. The number of hydrogen-bond donors (Lipinski definition) is 1. The largest absolute Gasteiger partial charge is 0.494 e. The van der Waals surface area contributed by atoms with E-state index < -0.39 is 0 Å². The van der Waals surface area contributed by atoms with Gasteiger partial charge in [0.25, 0.3) is 5.91 Å². The average molecular weight is 337 g/mol. The molecule has 1 N–H and O–H groups in total. The number of nitrogens with one attached hydrogen (secondary N) is 1. The number of piperidine rings is 1. The van der Waals surface area contributed by atoms with Crippen molar-refractivity contribution in [2.24, 2.45) is 0 Å². The van der Waals surface area contributed by atoms with Crippen LogP contribution in [0.4, 0.5) is 0 Å². The Kier molecular flexibility index (Phi) is 8.32. The van der Waals surface area contributed by atoms with E-state index >= 15 is 0 Å². The van der Waals surface area contributed by atoms with Gasteiger partial charge in [-0.15, -0.1) is 0 Å². The van der Waals surface area contributed by atoms with Gasteiger partial charge in [-0.25, -0.2) is 0 Å². The van der Waals surface area contributed by atoms with E-state index in [-0.39, 0.29) is 5.91 Å². The predicted octanol–water partition coefficient (Wildman–Crippen LogP) is 3.73. The third-order valence-corrected chi connectivity index (χ3v) is 4.72. The molecule has 0 saturated carbocycles. The van der Waals surface area contributed by atoms with Gasteiger partial charge in [0.15, 0.2) is 0 Å². The molecule has 1 aromatic carbocycles. The minimum atomic E-state index is -0.0336. The summed E-state index contributed by atoms with van der Waals surface area (Å²) in [6.45, 7) is 6.32. The molecule has 5 heteroatoms. The first-order valence-corrected chi connectivity index (χ1v) is 9.65. The summed E-state index contributed by atoms with van der Waals surface area (Å²) in [6.07, 6.45) is 6.15. The van der Waals surface area contributed by atoms with Gasteiger partial charge in [-0.05, 0) is 68.6 Å². The van der Waals surface area contributed by atoms with Crippen LogP contribution in [-0.2, 0) is 0 Å². The number of carbonyl (C=O) groups is 1. The van der Waals surface area contributed by atoms with E-state index in [1.165, 1.54) is 44.3 Å². The number of nitrogens with zero attached hydrogens (tertiary/aromatic N) is 1. The van der Waals surface area contributed by atoms with Gasteiger partial charge < -0.3 is 9.64 Å². The zero-order chi connectivity index (χ0) is 16.3. The Labute approximate surface area is 144 Å². The molecule has 23 heavy (non-hydrogen) atoms. The van der Waals surface area contributed by atoms with Crippen LogP contribution in [0.15, 0.2) is 24.3 Å². The lowest BCUT2D eigenvalue weighted by atomic mass is 10.1. The van der Waals surface area contributed by atoms with Crippen LogP contribution in [0, 0.1) is 0 Å². The lowest BCUT2D eigenvalue weighted by Gasteiger charge is -2.25. The summed E-state index contributed by atoms with van der Waals surface area (Å²) >= 11 is 1.50. The highest BCUT2D eigenvalue weighted by Gasteiger charge is 2.10. The molecular weight excluding hydrogens is 308 g/mol. The van der Waals surface area contributed by atoms with Crippen molar-refractivity contribution in [2.45, 2.75) is 39.0 Å². The van der Waals surface area contributed by atoms with Crippen molar-refractivity contribution in [3.63, 3.8) is 0 Å². The summed E-state index contributed by atoms with van der Waals surface area (Å²) in [5.74, 6) is 1.73. The number of rotatable bonds is 9. The van der Waals surface area contributed by atoms with Crippen molar-refractivity contribution in [1.82, 2.24) is 9.62 Å². The molecule has 0 aliphatic carbocycles. The third-order valence-electron chi connectivity index (χ3n) is 4.01. The van der Waals surface area contributed by atoms with Crippen molar-refractivity contribution in [3.8, 4) is 5.75 Å². The molecule has 128 valence electrons. The van der Waals surface area contributed by atoms with Crippen molar-refractivity contribution >= 4 is 17.9 Å². The molecule has 0 unspecified atom stereocenters. The van der Waals surface area contributed by atoms with Gasteiger partial charge in [-0.2, -0.15) is 0 Å². The molecule has 1 aromatic rings. The first-order chi connectivity index (χ1) is 11.3. The number of hydrogen-bond acceptors (Lipinski definition) is 4. The fourth-order valence-corrected chi connectivity index (χ4v) is 3.27. The van der Waals surface area contributed by atoms with Gasteiger partial charge in [0, 0.05) is 17.9 Å². The maximum atomic E-state index is 12.1. The molecule has 1 saturated heterocycles. The van der Waals surface area contributed by atoms with Crippen LogP contribution < -0.4 is 9.46 Å². The van der Waals surface area contributed by atoms with Gasteiger partial charge >= 0.3 is 0 Å². The van der Waals surface area contributed by atoms with Gasteiger partial charge in [-0.3, -0.25) is 9.52 Å². The van der Waals surface area contributed by atoms with E-state index in [0.29, 0.717) is 5.56 Å². The second-order valence-electron chi connectivity index (χ2n) is 5.91. The summed E-state index contributed by atoms with van der Waals surface area (Å²) in [5, 5.41) is 0. The Morgan fingerprint density at radius 1 is 1.22 bits per heavy atom. The van der Waals surface area contributed by atoms with Crippen LogP contribution in [-0.4, -0.2) is 42.8 Å². The maximum Gasteiger partial charge on any atom is 0.261 e. The van der Waals surface area contributed by atoms with Crippen molar-refractivity contribution in [1.29, 1.82) is 0 Å². The first kappa shape index (κ1) is 18.1. The monoisotopic (exact) mass is 336 g/mol. The molecule has 1 heterocycles. The molecule has 1 aliphatic rings. The molecule has 1 fully saturated rings. The second-order valence-corrected chi connectivity index (χ2v) is 6.81. The zero-order valence-corrected chi connectivity index (χ0v) is 14.9. The number of likely N-dealkylation sites (tertiary alicyclic amines) is 1. The molecule has 4 nitrogen and oxygen atoms in total. The Bertz CT molecular complexity index is 459. The summed E-state index contributed by atoms with van der Waals surface area (Å²) in [7, 11) is 0. The number of benzene rings is 1. The van der Waals surface area contributed by atoms with Crippen LogP contribution in [0.25, 0.3) is 0 Å². The van der Waals surface area contributed by atoms with Crippen LogP contribution in [0.3, 0.4) is 0 Å². The molecule has 1 amide bonds. The van der Waals surface area contributed by atoms with Gasteiger partial charge in [-0.1, -0.05) is 19.8 Å². The summed E-state index contributed by atoms with van der Waals surface area (Å²) in [6, 6.07) is 7.37. The van der Waals surface area contributed by atoms with E-state index in [9.17, 15) is 4.79 Å². The van der Waals surface area contributed by atoms with Crippen LogP contribution >= 0.6 is 11.9 Å². The lowest BCUT2D eigenvalue weighted by Crippen LogP contribution is -2.32. The topological polar surface area (TPSA) is 41.6 Å². The average Bonchev–Trinajstić information content (AvgIpc) is 2.60. The lowest BCUT2D eigenvalue weighted by molar-refractivity contribution is 0.0984. The maximum absolute atomic E-state index is 12.1. The molecule has 0 atom stereocenters. The Morgan fingerprint density at radius 3 is 2.65 bits per heavy atom. The van der Waals surface area contributed by atoms with E-state index in [4.69, 9.17) is 4.74 Å². The molecule has 1 aliphatic heterocycles. The third kappa shape index (κ3) is 6.83. The van der Waals surface area contributed by atoms with E-state index in [0.717, 1.165) is 37.5 Å². The summed E-state index contributed by atoms with van der Waals surface area (Å²) in [4.78, 5) is 14.6. The predicted molar refractivity (Wildman–Crippen MR) is 97.1 cm³/mol. The Hall–Kier alpha value is -1.20. The van der Waals surface area contributed by atoms with Crippen LogP contribution in [0.1, 0.15) is 49.4 Å². The fourth-order valence-electron chi connectivity index (χ4n) is 2.57. The van der Waals surface area contributed by atoms with Gasteiger partial charge in [0.2, 0.25) is 0 Å². The summed E-state index contributed by atoms with van der Waals surface area (Å²) < 4.78 is 8.52. The highest BCUT2D eigenvalue weighted by Crippen LogP contribution is 2.14. The standard InChI is InChI=1S/C18H28N2O2S/c1-2-3-14-22-17-9-7-16(8-10-17)18(21)19-23-15-13-20-11-5-4-6-12-20/h7-10H,2-6,11-15H2,1H3,(H,19,21). The van der Waals surface area contributed by atoms with Crippen molar-refractivity contribution in [3.05, 3.63) is 29.8 Å². The molecule has 0 bridgehead atoms. The van der Waals surface area contributed by atoms with E-state index in [1.807, 2.05) is 24.3 Å². The van der Waals surface area contributed by atoms with Gasteiger partial charge in [0.05, 0.1) is 6.61 Å². The smallest absolute Gasteiger partial charge is 0.261 e. The van der Waals surface area contributed by atoms with Crippen molar-refractivity contribution < 1.29 is 9.53 Å². The number of unbranched alkanes of at least 4 members (excludes halogenated alkanes) is 1. The highest BCUT2D eigenvalue weighted by atomic mass is 32.2. The molecule has 0 aromatic heterocycles. The molecular formula is C18H28N2O2S. The van der Waals surface area contributed by atoms with E-state index in [1.54, 1.807) is 0 Å². The number of carbonyl (C=O) groups excluding carboxylic acids is 1. The molecule has 2 rings (SSSR count).